The van der Waals surface area contributed by atoms with Crippen molar-refractivity contribution >= 4 is 28.9 Å². The van der Waals surface area contributed by atoms with E-state index in [1.807, 2.05) is 0 Å². The maximum Gasteiger partial charge on any atom is 0.225 e. The van der Waals surface area contributed by atoms with Gasteiger partial charge in [-0.2, -0.15) is 5.10 Å². The number of carbonyl (C=O) groups is 1. The van der Waals surface area contributed by atoms with Crippen LogP contribution in [0.3, 0.4) is 0 Å². The number of anilines is 1. The summed E-state index contributed by atoms with van der Waals surface area (Å²) in [7, 11) is 1.75. The molecule has 17 heavy (non-hydrogen) atoms. The fourth-order valence-electron chi connectivity index (χ4n) is 1.91. The van der Waals surface area contributed by atoms with Crippen LogP contribution in [0.25, 0.3) is 0 Å². The van der Waals surface area contributed by atoms with Gasteiger partial charge in [0, 0.05) is 13.5 Å². The van der Waals surface area contributed by atoms with Gasteiger partial charge in [-0.25, -0.2) is 0 Å². The molecule has 1 aliphatic carbocycles. The zero-order valence-corrected chi connectivity index (χ0v) is 10.6. The molecule has 1 heterocycles. The summed E-state index contributed by atoms with van der Waals surface area (Å²) in [5, 5.41) is 6.87. The minimum Gasteiger partial charge on any atom is -0.389 e. The highest BCUT2D eigenvalue weighted by atomic mass is 32.1. The second-order valence-corrected chi connectivity index (χ2v) is 4.88. The number of nitrogens with one attached hydrogen (secondary N) is 1. The second-order valence-electron chi connectivity index (χ2n) is 4.44. The Morgan fingerprint density at radius 2 is 2.41 bits per heavy atom. The monoisotopic (exact) mass is 252 g/mol. The number of hydrogen-bond donors (Lipinski definition) is 2. The molecule has 0 aromatic carbocycles. The Balaban J connectivity index is 2.03. The number of amides is 1. The number of nitrogens with two attached hydrogens (primary N) is 1. The Labute approximate surface area is 105 Å². The van der Waals surface area contributed by atoms with Gasteiger partial charge in [0.1, 0.15) is 10.8 Å². The summed E-state index contributed by atoms with van der Waals surface area (Å²) in [5.74, 6) is 1.13. The highest BCUT2D eigenvalue weighted by Gasteiger charge is 2.22. The highest BCUT2D eigenvalue weighted by molar-refractivity contribution is 7.80. The summed E-state index contributed by atoms with van der Waals surface area (Å²) in [5.41, 5.74) is 6.18. The van der Waals surface area contributed by atoms with Crippen molar-refractivity contribution in [1.82, 2.24) is 9.78 Å². The van der Waals surface area contributed by atoms with Crippen molar-refractivity contribution in [2.24, 2.45) is 18.7 Å². The molecule has 1 saturated carbocycles. The van der Waals surface area contributed by atoms with E-state index in [1.165, 1.54) is 6.42 Å². The van der Waals surface area contributed by atoms with Crippen LogP contribution in [0.15, 0.2) is 6.20 Å². The molecule has 1 amide bonds. The van der Waals surface area contributed by atoms with Crippen LogP contribution in [0.5, 0.6) is 0 Å². The molecule has 2 rings (SSSR count). The van der Waals surface area contributed by atoms with Crippen LogP contribution >= 0.6 is 12.2 Å². The second kappa shape index (κ2) is 4.83. The molecule has 1 fully saturated rings. The van der Waals surface area contributed by atoms with Crippen molar-refractivity contribution in [2.75, 3.05) is 5.32 Å². The Morgan fingerprint density at radius 3 is 2.94 bits per heavy atom. The first kappa shape index (κ1) is 12.0. The average Bonchev–Trinajstić information content (AvgIpc) is 2.55. The van der Waals surface area contributed by atoms with Crippen molar-refractivity contribution in [3.63, 3.8) is 0 Å². The minimum atomic E-state index is 0.0100. The smallest absolute Gasteiger partial charge is 0.225 e. The van der Waals surface area contributed by atoms with Gasteiger partial charge in [0.05, 0.1) is 11.8 Å². The standard InChI is InChI=1S/C11H16N4OS/c1-15-11(8(6-13-15)10(12)17)14-9(16)5-7-3-2-4-7/h6-7H,2-5H2,1H3,(H2,12,17)(H,14,16). The third-order valence-corrected chi connectivity index (χ3v) is 3.38. The zero-order chi connectivity index (χ0) is 12.4. The first-order valence-electron chi connectivity index (χ1n) is 5.69. The molecule has 0 saturated heterocycles. The Bertz CT molecular complexity index is 450. The van der Waals surface area contributed by atoms with Crippen LogP contribution in [0.1, 0.15) is 31.2 Å². The van der Waals surface area contributed by atoms with Crippen molar-refractivity contribution in [3.05, 3.63) is 11.8 Å². The number of thiocarbonyl (C=S) groups is 1. The third kappa shape index (κ3) is 2.63. The quantitative estimate of drug-likeness (QED) is 0.789. The lowest BCUT2D eigenvalue weighted by Gasteiger charge is -2.24. The molecule has 0 radical (unpaired) electrons. The Kier molecular flexibility index (Phi) is 3.42. The maximum absolute atomic E-state index is 11.8. The number of aryl methyl sites for hydroxylation is 1. The third-order valence-electron chi connectivity index (χ3n) is 3.16. The summed E-state index contributed by atoms with van der Waals surface area (Å²) >= 11 is 4.91. The predicted molar refractivity (Wildman–Crippen MR) is 69.7 cm³/mol. The van der Waals surface area contributed by atoms with Crippen molar-refractivity contribution in [3.8, 4) is 0 Å². The van der Waals surface area contributed by atoms with Crippen molar-refractivity contribution < 1.29 is 4.79 Å². The maximum atomic E-state index is 11.8. The van der Waals surface area contributed by atoms with E-state index < -0.39 is 0 Å². The van der Waals surface area contributed by atoms with Crippen LogP contribution in [0, 0.1) is 5.92 Å². The Hall–Kier alpha value is -1.43. The molecular formula is C11H16N4OS. The fraction of sp³-hybridized carbons (Fsp3) is 0.545. The fourth-order valence-corrected chi connectivity index (χ4v) is 2.06. The molecule has 6 heteroatoms. The van der Waals surface area contributed by atoms with Crippen molar-refractivity contribution in [1.29, 1.82) is 0 Å². The lowest BCUT2D eigenvalue weighted by atomic mass is 9.83. The van der Waals surface area contributed by atoms with Gasteiger partial charge in [-0.15, -0.1) is 0 Å². The van der Waals surface area contributed by atoms with Gasteiger partial charge in [0.15, 0.2) is 0 Å². The van der Waals surface area contributed by atoms with E-state index in [9.17, 15) is 4.79 Å². The van der Waals surface area contributed by atoms with Gasteiger partial charge in [0.2, 0.25) is 5.91 Å². The summed E-state index contributed by atoms with van der Waals surface area (Å²) in [6.07, 6.45) is 5.69. The van der Waals surface area contributed by atoms with Gasteiger partial charge in [-0.1, -0.05) is 18.6 Å². The molecule has 92 valence electrons. The molecule has 3 N–H and O–H groups in total. The number of rotatable bonds is 4. The van der Waals surface area contributed by atoms with E-state index in [-0.39, 0.29) is 10.9 Å². The largest absolute Gasteiger partial charge is 0.389 e. The van der Waals surface area contributed by atoms with Gasteiger partial charge >= 0.3 is 0 Å². The summed E-state index contributed by atoms with van der Waals surface area (Å²) in [6.45, 7) is 0. The van der Waals surface area contributed by atoms with E-state index in [0.717, 1.165) is 12.8 Å². The minimum absolute atomic E-state index is 0.0100. The molecule has 1 aromatic rings. The molecule has 0 spiro atoms. The van der Waals surface area contributed by atoms with Crippen LogP contribution in [0.2, 0.25) is 0 Å². The van der Waals surface area contributed by atoms with Gasteiger partial charge < -0.3 is 11.1 Å². The predicted octanol–water partition coefficient (Wildman–Crippen LogP) is 1.18. The van der Waals surface area contributed by atoms with Gasteiger partial charge in [0.25, 0.3) is 0 Å². The van der Waals surface area contributed by atoms with Crippen LogP contribution in [0.4, 0.5) is 5.82 Å². The molecule has 0 unspecified atom stereocenters. The molecule has 0 bridgehead atoms. The summed E-state index contributed by atoms with van der Waals surface area (Å²) in [6, 6.07) is 0. The van der Waals surface area contributed by atoms with Gasteiger partial charge in [-0.05, 0) is 18.8 Å². The first-order valence-corrected chi connectivity index (χ1v) is 6.10. The van der Waals surface area contributed by atoms with Gasteiger partial charge in [-0.3, -0.25) is 9.48 Å². The number of aromatic nitrogens is 2. The van der Waals surface area contributed by atoms with E-state index in [2.05, 4.69) is 10.4 Å². The van der Waals surface area contributed by atoms with Crippen molar-refractivity contribution in [2.45, 2.75) is 25.7 Å². The highest BCUT2D eigenvalue weighted by Crippen LogP contribution is 2.29. The van der Waals surface area contributed by atoms with E-state index in [4.69, 9.17) is 18.0 Å². The lowest BCUT2D eigenvalue weighted by Crippen LogP contribution is -2.23. The number of carbonyl (C=O) groups excluding carboxylic acids is 1. The zero-order valence-electron chi connectivity index (χ0n) is 9.77. The topological polar surface area (TPSA) is 72.9 Å². The summed E-state index contributed by atoms with van der Waals surface area (Å²) in [4.78, 5) is 12.1. The van der Waals surface area contributed by atoms with Crippen LogP contribution in [-0.2, 0) is 11.8 Å². The molecule has 1 aromatic heterocycles. The lowest BCUT2D eigenvalue weighted by molar-refractivity contribution is -0.117. The molecule has 0 atom stereocenters. The van der Waals surface area contributed by atoms with E-state index in [0.29, 0.717) is 23.7 Å². The normalized spacial score (nSPS) is 15.4. The van der Waals surface area contributed by atoms with Crippen LogP contribution < -0.4 is 11.1 Å². The molecule has 1 aliphatic rings. The number of nitrogens with zero attached hydrogens (tertiary/aromatic N) is 2. The SMILES string of the molecule is Cn1ncc(C(N)=S)c1NC(=O)CC1CCC1. The van der Waals surface area contributed by atoms with Crippen LogP contribution in [-0.4, -0.2) is 20.7 Å². The molecule has 0 aliphatic heterocycles. The van der Waals surface area contributed by atoms with E-state index in [1.54, 1.807) is 17.9 Å². The number of hydrogen-bond acceptors (Lipinski definition) is 3. The summed E-state index contributed by atoms with van der Waals surface area (Å²) < 4.78 is 1.58. The molecular weight excluding hydrogens is 236 g/mol. The van der Waals surface area contributed by atoms with E-state index >= 15 is 0 Å². The average molecular weight is 252 g/mol. The Morgan fingerprint density at radius 1 is 1.71 bits per heavy atom. The first-order chi connectivity index (χ1) is 8.08. The molecule has 5 nitrogen and oxygen atoms in total.